The van der Waals surface area contributed by atoms with Crippen molar-refractivity contribution in [2.75, 3.05) is 19.3 Å². The lowest BCUT2D eigenvalue weighted by atomic mass is 10.4. The first-order valence-electron chi connectivity index (χ1n) is 4.43. The Bertz CT molecular complexity index is 265. The molecule has 0 aliphatic carbocycles. The van der Waals surface area contributed by atoms with E-state index in [0.717, 1.165) is 10.2 Å². The highest BCUT2D eigenvalue weighted by Gasteiger charge is 2.03. The summed E-state index contributed by atoms with van der Waals surface area (Å²) in [7, 11) is 1.84. The number of halogens is 1. The Morgan fingerprint density at radius 2 is 2.07 bits per heavy atom. The topological polar surface area (TPSA) is 32.3 Å². The summed E-state index contributed by atoms with van der Waals surface area (Å²) >= 11 is 5.05. The number of thioether (sulfide) groups is 1. The SMILES string of the molecule is CNCC(O)CSc1ccc(Br)cc1. The summed E-state index contributed by atoms with van der Waals surface area (Å²) in [5.41, 5.74) is 0. The summed E-state index contributed by atoms with van der Waals surface area (Å²) in [6, 6.07) is 8.10. The Labute approximate surface area is 97.2 Å². The van der Waals surface area contributed by atoms with Crippen LogP contribution in [0, 0.1) is 0 Å². The molecule has 0 saturated heterocycles. The molecular formula is C10H14BrNOS. The van der Waals surface area contributed by atoms with Gasteiger partial charge < -0.3 is 10.4 Å². The van der Waals surface area contributed by atoms with E-state index in [1.165, 1.54) is 4.90 Å². The lowest BCUT2D eigenvalue weighted by Gasteiger charge is -2.08. The number of likely N-dealkylation sites (N-methyl/N-ethyl adjacent to an activating group) is 1. The molecule has 4 heteroatoms. The second-order valence-corrected chi connectivity index (χ2v) is 4.99. The summed E-state index contributed by atoms with van der Waals surface area (Å²) in [6.45, 7) is 0.642. The van der Waals surface area contributed by atoms with Gasteiger partial charge in [0, 0.05) is 21.7 Å². The van der Waals surface area contributed by atoms with Crippen LogP contribution in [0.4, 0.5) is 0 Å². The maximum absolute atomic E-state index is 9.47. The molecule has 0 saturated carbocycles. The Morgan fingerprint density at radius 1 is 1.43 bits per heavy atom. The standard InChI is InChI=1S/C10H14BrNOS/c1-12-6-9(13)7-14-10-4-2-8(11)3-5-10/h2-5,9,12-13H,6-7H2,1H3. The van der Waals surface area contributed by atoms with E-state index >= 15 is 0 Å². The molecule has 2 N–H and O–H groups in total. The first kappa shape index (κ1) is 12.0. The highest BCUT2D eigenvalue weighted by atomic mass is 79.9. The molecule has 0 spiro atoms. The van der Waals surface area contributed by atoms with Crippen LogP contribution in [0.2, 0.25) is 0 Å². The van der Waals surface area contributed by atoms with E-state index in [0.29, 0.717) is 6.54 Å². The van der Waals surface area contributed by atoms with Crippen LogP contribution >= 0.6 is 27.7 Å². The molecule has 0 aliphatic rings. The van der Waals surface area contributed by atoms with Crippen LogP contribution in [0.15, 0.2) is 33.6 Å². The van der Waals surface area contributed by atoms with Gasteiger partial charge in [0.15, 0.2) is 0 Å². The van der Waals surface area contributed by atoms with Gasteiger partial charge in [-0.15, -0.1) is 11.8 Å². The lowest BCUT2D eigenvalue weighted by Crippen LogP contribution is -2.25. The number of aliphatic hydroxyl groups is 1. The summed E-state index contributed by atoms with van der Waals surface area (Å²) < 4.78 is 1.08. The molecule has 1 atom stereocenters. The molecule has 0 aliphatic heterocycles. The zero-order valence-electron chi connectivity index (χ0n) is 8.03. The third-order valence-electron chi connectivity index (χ3n) is 1.70. The molecular weight excluding hydrogens is 262 g/mol. The van der Waals surface area contributed by atoms with Gasteiger partial charge in [0.1, 0.15) is 0 Å². The van der Waals surface area contributed by atoms with Gasteiger partial charge in [0.2, 0.25) is 0 Å². The van der Waals surface area contributed by atoms with E-state index in [9.17, 15) is 5.11 Å². The molecule has 1 rings (SSSR count). The number of hydrogen-bond acceptors (Lipinski definition) is 3. The molecule has 0 radical (unpaired) electrons. The smallest absolute Gasteiger partial charge is 0.0758 e. The van der Waals surface area contributed by atoms with Gasteiger partial charge in [0.05, 0.1) is 6.10 Å². The van der Waals surface area contributed by atoms with Crippen LogP contribution < -0.4 is 5.32 Å². The largest absolute Gasteiger partial charge is 0.391 e. The fourth-order valence-corrected chi connectivity index (χ4v) is 2.11. The van der Waals surface area contributed by atoms with Gasteiger partial charge >= 0.3 is 0 Å². The highest BCUT2D eigenvalue weighted by molar-refractivity contribution is 9.10. The number of rotatable bonds is 5. The van der Waals surface area contributed by atoms with Crippen LogP contribution in [0.3, 0.4) is 0 Å². The van der Waals surface area contributed by atoms with Crippen molar-refractivity contribution in [1.29, 1.82) is 0 Å². The summed E-state index contributed by atoms with van der Waals surface area (Å²) in [5, 5.41) is 12.4. The van der Waals surface area contributed by atoms with Crippen molar-refractivity contribution in [3.63, 3.8) is 0 Å². The molecule has 1 aromatic rings. The van der Waals surface area contributed by atoms with E-state index < -0.39 is 0 Å². The molecule has 78 valence electrons. The van der Waals surface area contributed by atoms with Crippen LogP contribution in [0.25, 0.3) is 0 Å². The van der Waals surface area contributed by atoms with Crippen molar-refractivity contribution < 1.29 is 5.11 Å². The maximum atomic E-state index is 9.47. The van der Waals surface area contributed by atoms with E-state index in [4.69, 9.17) is 0 Å². The Balaban J connectivity index is 2.34. The molecule has 2 nitrogen and oxygen atoms in total. The minimum atomic E-state index is -0.284. The second kappa shape index (κ2) is 6.45. The van der Waals surface area contributed by atoms with Crippen LogP contribution in [-0.2, 0) is 0 Å². The summed E-state index contributed by atoms with van der Waals surface area (Å²) in [4.78, 5) is 1.18. The van der Waals surface area contributed by atoms with Crippen molar-refractivity contribution >= 4 is 27.7 Å². The Kier molecular flexibility index (Phi) is 5.55. The monoisotopic (exact) mass is 275 g/mol. The van der Waals surface area contributed by atoms with Crippen LogP contribution in [-0.4, -0.2) is 30.6 Å². The molecule has 14 heavy (non-hydrogen) atoms. The molecule has 0 fully saturated rings. The Morgan fingerprint density at radius 3 is 2.64 bits per heavy atom. The fourth-order valence-electron chi connectivity index (χ4n) is 1.02. The predicted octanol–water partition coefficient (Wildman–Crippen LogP) is 2.12. The minimum absolute atomic E-state index is 0.284. The maximum Gasteiger partial charge on any atom is 0.0758 e. The van der Waals surface area contributed by atoms with E-state index in [1.807, 2.05) is 31.3 Å². The average molecular weight is 276 g/mol. The predicted molar refractivity (Wildman–Crippen MR) is 64.8 cm³/mol. The van der Waals surface area contributed by atoms with Crippen molar-refractivity contribution in [1.82, 2.24) is 5.32 Å². The third-order valence-corrected chi connectivity index (χ3v) is 3.38. The molecule has 0 amide bonds. The number of hydrogen-bond donors (Lipinski definition) is 2. The lowest BCUT2D eigenvalue weighted by molar-refractivity contribution is 0.199. The normalized spacial score (nSPS) is 12.8. The van der Waals surface area contributed by atoms with Crippen LogP contribution in [0.5, 0.6) is 0 Å². The number of nitrogens with one attached hydrogen (secondary N) is 1. The van der Waals surface area contributed by atoms with Gasteiger partial charge in [-0.3, -0.25) is 0 Å². The first-order chi connectivity index (χ1) is 6.72. The van der Waals surface area contributed by atoms with E-state index in [-0.39, 0.29) is 6.10 Å². The fraction of sp³-hybridized carbons (Fsp3) is 0.400. The molecule has 0 bridgehead atoms. The van der Waals surface area contributed by atoms with Crippen molar-refractivity contribution in [3.8, 4) is 0 Å². The van der Waals surface area contributed by atoms with Crippen molar-refractivity contribution in [2.45, 2.75) is 11.0 Å². The van der Waals surface area contributed by atoms with Crippen molar-refractivity contribution in [3.05, 3.63) is 28.7 Å². The van der Waals surface area contributed by atoms with E-state index in [2.05, 4.69) is 21.2 Å². The summed E-state index contributed by atoms with van der Waals surface area (Å²) in [5.74, 6) is 0.725. The van der Waals surface area contributed by atoms with Crippen LogP contribution in [0.1, 0.15) is 0 Å². The van der Waals surface area contributed by atoms with E-state index in [1.54, 1.807) is 11.8 Å². The molecule has 0 aromatic heterocycles. The van der Waals surface area contributed by atoms with Gasteiger partial charge in [-0.2, -0.15) is 0 Å². The number of benzene rings is 1. The second-order valence-electron chi connectivity index (χ2n) is 2.98. The zero-order valence-corrected chi connectivity index (χ0v) is 10.4. The molecule has 1 unspecified atom stereocenters. The quantitative estimate of drug-likeness (QED) is 0.808. The molecule has 1 aromatic carbocycles. The van der Waals surface area contributed by atoms with Gasteiger partial charge in [0.25, 0.3) is 0 Å². The van der Waals surface area contributed by atoms with Gasteiger partial charge in [-0.05, 0) is 31.3 Å². The molecule has 0 heterocycles. The number of aliphatic hydroxyl groups excluding tert-OH is 1. The zero-order chi connectivity index (χ0) is 10.4. The minimum Gasteiger partial charge on any atom is -0.391 e. The highest BCUT2D eigenvalue weighted by Crippen LogP contribution is 2.20. The third kappa shape index (κ3) is 4.46. The first-order valence-corrected chi connectivity index (χ1v) is 6.21. The van der Waals surface area contributed by atoms with Gasteiger partial charge in [-0.1, -0.05) is 15.9 Å². The van der Waals surface area contributed by atoms with Crippen molar-refractivity contribution in [2.24, 2.45) is 0 Å². The average Bonchev–Trinajstić information content (AvgIpc) is 2.17. The summed E-state index contributed by atoms with van der Waals surface area (Å²) in [6.07, 6.45) is -0.284. The Hall–Kier alpha value is -0.0300. The van der Waals surface area contributed by atoms with Gasteiger partial charge in [-0.25, -0.2) is 0 Å².